The van der Waals surface area contributed by atoms with Crippen molar-refractivity contribution in [3.8, 4) is 136 Å². The topological polar surface area (TPSA) is 100 Å². The molecule has 0 saturated heterocycles. The van der Waals surface area contributed by atoms with Crippen LogP contribution in [0.25, 0.3) is 172 Å². The van der Waals surface area contributed by atoms with E-state index >= 15 is 0 Å². The summed E-state index contributed by atoms with van der Waals surface area (Å²) in [6, 6.07) is 118. The lowest BCUT2D eigenvalue weighted by Crippen LogP contribution is -2.03. The summed E-state index contributed by atoms with van der Waals surface area (Å²) < 4.78 is 4.67. The fourth-order valence-electron chi connectivity index (χ4n) is 13.8. The maximum absolute atomic E-state index is 10.4. The van der Waals surface area contributed by atoms with Gasteiger partial charge in [-0.3, -0.25) is 0 Å². The van der Waals surface area contributed by atoms with Crippen LogP contribution in [0, 0.1) is 29.2 Å². The van der Waals surface area contributed by atoms with E-state index in [1.807, 2.05) is 109 Å². The minimum atomic E-state index is 0.423. The third-order valence-electron chi connectivity index (χ3n) is 18.6. The van der Waals surface area contributed by atoms with Crippen LogP contribution in [0.5, 0.6) is 0 Å². The van der Waals surface area contributed by atoms with Crippen LogP contribution in [0.15, 0.2) is 328 Å². The van der Waals surface area contributed by atoms with Gasteiger partial charge in [0.15, 0.2) is 23.2 Å². The van der Waals surface area contributed by atoms with Crippen LogP contribution in [0.3, 0.4) is 0 Å². The molecule has 8 nitrogen and oxygen atoms in total. The van der Waals surface area contributed by atoms with Gasteiger partial charge >= 0.3 is 0 Å². The average Bonchev–Trinajstić information content (AvgIpc) is 1.58. The standard InChI is InChI=1S/C90H54N8/c1-93-77-37-31-64(32-38-77)67-29-16-30-72(45-67)88-94-89(75-46-73(65-27-14-17-58(43-65)56-91)48-78(50-75)97-84-39-33-68(60-19-6-2-7-20-60)52-80(84)81-53-69(34-40-85(81)97)61-21-8-3-9-22-61)96-90(95-88)76-47-74(66-28-15-18-59(44-66)57-92)49-79(51-76)98-86-41-35-70(62-23-10-4-11-24-62)54-82(86)83-55-71(36-42-87(83)98)63-25-12-5-13-26-63/h2-55H. The summed E-state index contributed by atoms with van der Waals surface area (Å²) in [6.45, 7) is 7.68. The molecule has 0 radical (unpaired) electrons. The van der Waals surface area contributed by atoms with Gasteiger partial charge in [-0.05, 0) is 193 Å². The number of rotatable bonds is 12. The molecule has 17 rings (SSSR count). The van der Waals surface area contributed by atoms with Crippen LogP contribution >= 0.6 is 0 Å². The summed E-state index contributed by atoms with van der Waals surface area (Å²) in [5.41, 5.74) is 23.8. The minimum absolute atomic E-state index is 0.423. The molecule has 0 aliphatic rings. The molecule has 0 N–H and O–H groups in total. The molecule has 98 heavy (non-hydrogen) atoms. The Morgan fingerprint density at radius 1 is 0.245 bits per heavy atom. The predicted octanol–water partition coefficient (Wildman–Crippen LogP) is 23.0. The van der Waals surface area contributed by atoms with E-state index in [2.05, 4.69) is 245 Å². The van der Waals surface area contributed by atoms with Gasteiger partial charge in [0.2, 0.25) is 0 Å². The normalized spacial score (nSPS) is 11.2. The highest BCUT2D eigenvalue weighted by Gasteiger charge is 2.23. The van der Waals surface area contributed by atoms with E-state index in [-0.39, 0.29) is 0 Å². The molecule has 0 amide bonds. The molecule has 0 saturated carbocycles. The van der Waals surface area contributed by atoms with Crippen molar-refractivity contribution in [1.82, 2.24) is 24.1 Å². The number of aromatic nitrogens is 5. The third kappa shape index (κ3) is 10.8. The first-order valence-electron chi connectivity index (χ1n) is 32.4. The Labute approximate surface area is 566 Å². The van der Waals surface area contributed by atoms with Gasteiger partial charge in [-0.1, -0.05) is 212 Å². The zero-order chi connectivity index (χ0) is 65.6. The summed E-state index contributed by atoms with van der Waals surface area (Å²) in [5, 5.41) is 25.2. The van der Waals surface area contributed by atoms with Gasteiger partial charge in [-0.15, -0.1) is 0 Å². The lowest BCUT2D eigenvalue weighted by atomic mass is 9.99. The molecular formula is C90H54N8. The second-order valence-corrected chi connectivity index (χ2v) is 24.5. The molecule has 454 valence electrons. The molecule has 3 heterocycles. The SMILES string of the molecule is [C-]#[N+]c1ccc(-c2cccc(-c3nc(-c4cc(-c5cccc(C#N)c5)cc(-n5c6ccc(-c7ccccc7)cc6c6cc(-c7ccccc7)ccc65)c4)nc(-c4cc(-c5cccc(C#N)c5)cc(-n5c6ccc(-c7ccccc7)cc6c6cc(-c7ccccc7)ccc65)c4)n3)c2)cc1. The van der Waals surface area contributed by atoms with Crippen molar-refractivity contribution < 1.29 is 0 Å². The highest BCUT2D eigenvalue weighted by atomic mass is 15.0. The average molecular weight is 1250 g/mol. The Balaban J connectivity index is 0.927. The Morgan fingerprint density at radius 2 is 0.520 bits per heavy atom. The minimum Gasteiger partial charge on any atom is -0.309 e. The molecular weight excluding hydrogens is 1190 g/mol. The predicted molar refractivity (Wildman–Crippen MR) is 399 cm³/mol. The van der Waals surface area contributed by atoms with Gasteiger partial charge in [0, 0.05) is 49.6 Å². The highest BCUT2D eigenvalue weighted by Crippen LogP contribution is 2.43. The van der Waals surface area contributed by atoms with E-state index < -0.39 is 0 Å². The van der Waals surface area contributed by atoms with Gasteiger partial charge in [0.25, 0.3) is 0 Å². The summed E-state index contributed by atoms with van der Waals surface area (Å²) in [4.78, 5) is 20.4. The smallest absolute Gasteiger partial charge is 0.187 e. The lowest BCUT2D eigenvalue weighted by molar-refractivity contribution is 1.07. The Morgan fingerprint density at radius 3 is 0.878 bits per heavy atom. The summed E-state index contributed by atoms with van der Waals surface area (Å²) in [5.74, 6) is 1.29. The zero-order valence-electron chi connectivity index (χ0n) is 52.8. The second-order valence-electron chi connectivity index (χ2n) is 24.5. The highest BCUT2D eigenvalue weighted by molar-refractivity contribution is 6.13. The molecule has 3 aromatic heterocycles. The van der Waals surface area contributed by atoms with Crippen molar-refractivity contribution in [3.05, 3.63) is 350 Å². The molecule has 0 bridgehead atoms. The van der Waals surface area contributed by atoms with Crippen molar-refractivity contribution >= 4 is 49.3 Å². The monoisotopic (exact) mass is 1250 g/mol. The number of hydrogen-bond donors (Lipinski definition) is 0. The molecule has 0 spiro atoms. The molecule has 0 aliphatic carbocycles. The van der Waals surface area contributed by atoms with Gasteiger partial charge in [0.1, 0.15) is 0 Å². The lowest BCUT2D eigenvalue weighted by Gasteiger charge is -2.16. The maximum atomic E-state index is 10.4. The van der Waals surface area contributed by atoms with Crippen molar-refractivity contribution in [2.45, 2.75) is 0 Å². The third-order valence-corrected chi connectivity index (χ3v) is 18.6. The molecule has 14 aromatic carbocycles. The van der Waals surface area contributed by atoms with E-state index in [9.17, 15) is 10.5 Å². The van der Waals surface area contributed by atoms with Crippen LogP contribution in [-0.2, 0) is 0 Å². The summed E-state index contributed by atoms with van der Waals surface area (Å²) >= 11 is 0. The number of benzene rings is 14. The Bertz CT molecular complexity index is 5610. The molecule has 0 atom stereocenters. The van der Waals surface area contributed by atoms with Gasteiger partial charge in [-0.2, -0.15) is 10.5 Å². The van der Waals surface area contributed by atoms with Crippen molar-refractivity contribution in [3.63, 3.8) is 0 Å². The number of nitriles is 2. The van der Waals surface area contributed by atoms with E-state index in [1.165, 1.54) is 0 Å². The molecule has 17 aromatic rings. The number of nitrogens with zero attached hydrogens (tertiary/aromatic N) is 8. The van der Waals surface area contributed by atoms with E-state index in [4.69, 9.17) is 21.5 Å². The first-order chi connectivity index (χ1) is 48.4. The fourth-order valence-corrected chi connectivity index (χ4v) is 13.8. The molecule has 8 heteroatoms. The summed E-state index contributed by atoms with van der Waals surface area (Å²) in [6.07, 6.45) is 0. The van der Waals surface area contributed by atoms with Crippen LogP contribution < -0.4 is 0 Å². The van der Waals surface area contributed by atoms with Crippen LogP contribution in [0.1, 0.15) is 11.1 Å². The van der Waals surface area contributed by atoms with E-state index in [1.54, 1.807) is 0 Å². The van der Waals surface area contributed by atoms with Gasteiger partial charge in [-0.25, -0.2) is 19.8 Å². The largest absolute Gasteiger partial charge is 0.309 e. The van der Waals surface area contributed by atoms with Crippen LogP contribution in [-0.4, -0.2) is 24.1 Å². The zero-order valence-corrected chi connectivity index (χ0v) is 52.8. The number of hydrogen-bond acceptors (Lipinski definition) is 5. The molecule has 0 unspecified atom stereocenters. The summed E-state index contributed by atoms with van der Waals surface area (Å²) in [7, 11) is 0. The molecule has 0 aliphatic heterocycles. The quantitative estimate of drug-likeness (QED) is 0.113. The molecule has 0 fully saturated rings. The maximum Gasteiger partial charge on any atom is 0.187 e. The van der Waals surface area contributed by atoms with Crippen molar-refractivity contribution in [1.29, 1.82) is 10.5 Å². The van der Waals surface area contributed by atoms with Crippen LogP contribution in [0.4, 0.5) is 5.69 Å². The van der Waals surface area contributed by atoms with Gasteiger partial charge in [0.05, 0.1) is 51.9 Å². The van der Waals surface area contributed by atoms with Crippen molar-refractivity contribution in [2.75, 3.05) is 0 Å². The first-order valence-corrected chi connectivity index (χ1v) is 32.4. The second kappa shape index (κ2) is 24.6. The van der Waals surface area contributed by atoms with E-state index in [0.717, 1.165) is 150 Å². The van der Waals surface area contributed by atoms with Gasteiger partial charge < -0.3 is 9.13 Å². The van der Waals surface area contributed by atoms with E-state index in [0.29, 0.717) is 34.3 Å². The van der Waals surface area contributed by atoms with Crippen molar-refractivity contribution in [2.24, 2.45) is 0 Å². The first kappa shape index (κ1) is 58.0. The van der Waals surface area contributed by atoms with Crippen LogP contribution in [0.2, 0.25) is 0 Å². The Hall–Kier alpha value is -13.8. The fraction of sp³-hybridized carbons (Fsp3) is 0. The number of fused-ring (bicyclic) bond motifs is 6. The Kier molecular flexibility index (Phi) is 14.5.